The average Bonchev–Trinajstić information content (AvgIpc) is 2.60. The van der Waals surface area contributed by atoms with Gasteiger partial charge in [-0.1, -0.05) is 12.1 Å². The lowest BCUT2D eigenvalue weighted by atomic mass is 9.95. The summed E-state index contributed by atoms with van der Waals surface area (Å²) in [5, 5.41) is 0. The first kappa shape index (κ1) is 19.1. The smallest absolute Gasteiger partial charge is 0.370 e. The van der Waals surface area contributed by atoms with Gasteiger partial charge in [-0.15, -0.1) is 0 Å². The molecule has 2 aliphatic heterocycles. The molecule has 4 nitrogen and oxygen atoms in total. The SMILES string of the molecule is O=C(C1CCCN(CC(F)(F)F)C1)N1CCOC(c2cccc(F)c2)C1. The average molecular weight is 374 g/mol. The summed E-state index contributed by atoms with van der Waals surface area (Å²) in [6.45, 7) is 0.523. The molecule has 8 heteroatoms. The number of carbonyl (C=O) groups excluding carboxylic acids is 1. The van der Waals surface area contributed by atoms with Crippen LogP contribution < -0.4 is 0 Å². The molecule has 0 spiro atoms. The molecule has 2 unspecified atom stereocenters. The van der Waals surface area contributed by atoms with E-state index in [0.29, 0.717) is 38.1 Å². The Balaban J connectivity index is 1.62. The van der Waals surface area contributed by atoms with Crippen LogP contribution in [0.4, 0.5) is 17.6 Å². The van der Waals surface area contributed by atoms with Gasteiger partial charge in [-0.05, 0) is 37.1 Å². The summed E-state index contributed by atoms with van der Waals surface area (Å²) in [5.74, 6) is -0.941. The lowest BCUT2D eigenvalue weighted by Gasteiger charge is -2.38. The molecule has 0 radical (unpaired) electrons. The fourth-order valence-electron chi connectivity index (χ4n) is 3.67. The van der Waals surface area contributed by atoms with Gasteiger partial charge in [-0.25, -0.2) is 4.39 Å². The fourth-order valence-corrected chi connectivity index (χ4v) is 3.67. The largest absolute Gasteiger partial charge is 0.401 e. The molecular weight excluding hydrogens is 352 g/mol. The third kappa shape index (κ3) is 4.94. The van der Waals surface area contributed by atoms with Crippen molar-refractivity contribution in [2.24, 2.45) is 5.92 Å². The molecule has 0 N–H and O–H groups in total. The summed E-state index contributed by atoms with van der Waals surface area (Å²) >= 11 is 0. The highest BCUT2D eigenvalue weighted by molar-refractivity contribution is 5.79. The van der Waals surface area contributed by atoms with E-state index in [1.54, 1.807) is 17.0 Å². The van der Waals surface area contributed by atoms with Crippen LogP contribution in [0.1, 0.15) is 24.5 Å². The standard InChI is InChI=1S/C18H22F4N2O2/c19-15-5-1-3-13(9-15)16-11-24(7-8-26-16)17(25)14-4-2-6-23(10-14)12-18(20,21)22/h1,3,5,9,14,16H,2,4,6-8,10-12H2. The Morgan fingerprint density at radius 3 is 2.77 bits per heavy atom. The first-order valence-corrected chi connectivity index (χ1v) is 8.77. The Labute approximate surface area is 149 Å². The van der Waals surface area contributed by atoms with Crippen molar-refractivity contribution in [3.05, 3.63) is 35.6 Å². The van der Waals surface area contributed by atoms with E-state index >= 15 is 0 Å². The van der Waals surface area contributed by atoms with Crippen LogP contribution in [0.2, 0.25) is 0 Å². The van der Waals surface area contributed by atoms with Gasteiger partial charge in [0.05, 0.1) is 25.6 Å². The maximum Gasteiger partial charge on any atom is 0.401 e. The fraction of sp³-hybridized carbons (Fsp3) is 0.611. The first-order chi connectivity index (χ1) is 12.3. The van der Waals surface area contributed by atoms with Crippen molar-refractivity contribution < 1.29 is 27.1 Å². The summed E-state index contributed by atoms with van der Waals surface area (Å²) in [4.78, 5) is 15.7. The van der Waals surface area contributed by atoms with Crippen LogP contribution in [-0.2, 0) is 9.53 Å². The third-order valence-electron chi connectivity index (χ3n) is 4.86. The normalized spacial score (nSPS) is 25.3. The van der Waals surface area contributed by atoms with E-state index in [2.05, 4.69) is 0 Å². The van der Waals surface area contributed by atoms with E-state index in [0.717, 1.165) is 0 Å². The summed E-state index contributed by atoms with van der Waals surface area (Å²) < 4.78 is 56.9. The van der Waals surface area contributed by atoms with E-state index in [1.165, 1.54) is 17.0 Å². The second-order valence-electron chi connectivity index (χ2n) is 6.89. The van der Waals surface area contributed by atoms with Gasteiger partial charge in [0.15, 0.2) is 0 Å². The van der Waals surface area contributed by atoms with Gasteiger partial charge in [0.1, 0.15) is 11.9 Å². The number of benzene rings is 1. The van der Waals surface area contributed by atoms with Crippen LogP contribution in [0.15, 0.2) is 24.3 Å². The Hall–Kier alpha value is -1.67. The molecule has 1 aromatic carbocycles. The maximum absolute atomic E-state index is 13.4. The van der Waals surface area contributed by atoms with Crippen molar-refractivity contribution in [3.8, 4) is 0 Å². The number of hydrogen-bond acceptors (Lipinski definition) is 3. The van der Waals surface area contributed by atoms with E-state index in [9.17, 15) is 22.4 Å². The Morgan fingerprint density at radius 1 is 1.23 bits per heavy atom. The number of hydrogen-bond donors (Lipinski definition) is 0. The Kier molecular flexibility index (Phi) is 5.82. The van der Waals surface area contributed by atoms with E-state index in [-0.39, 0.29) is 24.8 Å². The number of ether oxygens (including phenoxy) is 1. The number of piperidine rings is 1. The summed E-state index contributed by atoms with van der Waals surface area (Å²) in [5.41, 5.74) is 0.657. The molecule has 2 fully saturated rings. The monoisotopic (exact) mass is 374 g/mol. The van der Waals surface area contributed by atoms with Crippen molar-refractivity contribution in [2.45, 2.75) is 25.1 Å². The van der Waals surface area contributed by atoms with E-state index in [1.807, 2.05) is 0 Å². The van der Waals surface area contributed by atoms with Gasteiger partial charge in [-0.3, -0.25) is 9.69 Å². The van der Waals surface area contributed by atoms with E-state index in [4.69, 9.17) is 4.74 Å². The zero-order chi connectivity index (χ0) is 18.7. The number of halogens is 4. The van der Waals surface area contributed by atoms with Crippen molar-refractivity contribution in [1.82, 2.24) is 9.80 Å². The molecule has 0 saturated carbocycles. The molecule has 0 aliphatic carbocycles. The maximum atomic E-state index is 13.4. The molecule has 2 saturated heterocycles. The highest BCUT2D eigenvalue weighted by atomic mass is 19.4. The third-order valence-corrected chi connectivity index (χ3v) is 4.86. The predicted octanol–water partition coefficient (Wildman–Crippen LogP) is 3.00. The van der Waals surface area contributed by atoms with Crippen LogP contribution in [-0.4, -0.2) is 61.2 Å². The molecule has 0 bridgehead atoms. The molecule has 2 aliphatic rings. The van der Waals surface area contributed by atoms with Crippen LogP contribution in [0, 0.1) is 11.7 Å². The lowest BCUT2D eigenvalue weighted by molar-refractivity contribution is -0.157. The highest BCUT2D eigenvalue weighted by Gasteiger charge is 2.37. The van der Waals surface area contributed by atoms with Crippen LogP contribution in [0.5, 0.6) is 0 Å². The van der Waals surface area contributed by atoms with Gasteiger partial charge in [-0.2, -0.15) is 13.2 Å². The van der Waals surface area contributed by atoms with Gasteiger partial charge in [0.25, 0.3) is 0 Å². The minimum atomic E-state index is -4.26. The van der Waals surface area contributed by atoms with E-state index < -0.39 is 24.7 Å². The minimum absolute atomic E-state index is 0.125. The Bertz CT molecular complexity index is 638. The zero-order valence-corrected chi connectivity index (χ0v) is 14.3. The molecule has 1 aromatic rings. The number of likely N-dealkylation sites (tertiary alicyclic amines) is 1. The number of carbonyl (C=O) groups is 1. The molecule has 3 rings (SSSR count). The lowest BCUT2D eigenvalue weighted by Crippen LogP contribution is -2.50. The number of amides is 1. The second kappa shape index (κ2) is 7.92. The summed E-state index contributed by atoms with van der Waals surface area (Å²) in [6.07, 6.45) is -3.51. The number of rotatable bonds is 3. The topological polar surface area (TPSA) is 32.8 Å². The quantitative estimate of drug-likeness (QED) is 0.763. The van der Waals surface area contributed by atoms with Gasteiger partial charge in [0.2, 0.25) is 5.91 Å². The minimum Gasteiger partial charge on any atom is -0.370 e. The van der Waals surface area contributed by atoms with Crippen LogP contribution >= 0.6 is 0 Å². The molecule has 1 amide bonds. The Morgan fingerprint density at radius 2 is 2.04 bits per heavy atom. The predicted molar refractivity (Wildman–Crippen MR) is 86.9 cm³/mol. The molecule has 26 heavy (non-hydrogen) atoms. The van der Waals surface area contributed by atoms with Crippen molar-refractivity contribution >= 4 is 5.91 Å². The van der Waals surface area contributed by atoms with Crippen molar-refractivity contribution in [3.63, 3.8) is 0 Å². The van der Waals surface area contributed by atoms with Crippen LogP contribution in [0.3, 0.4) is 0 Å². The van der Waals surface area contributed by atoms with Crippen LogP contribution in [0.25, 0.3) is 0 Å². The summed E-state index contributed by atoms with van der Waals surface area (Å²) in [6, 6.07) is 6.05. The first-order valence-electron chi connectivity index (χ1n) is 8.77. The van der Waals surface area contributed by atoms with Gasteiger partial charge >= 0.3 is 6.18 Å². The second-order valence-corrected chi connectivity index (χ2v) is 6.89. The van der Waals surface area contributed by atoms with Gasteiger partial charge < -0.3 is 9.64 Å². The number of nitrogens with zero attached hydrogens (tertiary/aromatic N) is 2. The van der Waals surface area contributed by atoms with Crippen molar-refractivity contribution in [2.75, 3.05) is 39.3 Å². The molecule has 144 valence electrons. The zero-order valence-electron chi connectivity index (χ0n) is 14.3. The van der Waals surface area contributed by atoms with Gasteiger partial charge in [0, 0.05) is 13.1 Å². The molecule has 2 atom stereocenters. The number of morpholine rings is 1. The molecule has 2 heterocycles. The molecular formula is C18H22F4N2O2. The highest BCUT2D eigenvalue weighted by Crippen LogP contribution is 2.27. The van der Waals surface area contributed by atoms with Crippen molar-refractivity contribution in [1.29, 1.82) is 0 Å². The number of alkyl halides is 3. The molecule has 0 aromatic heterocycles. The summed E-state index contributed by atoms with van der Waals surface area (Å²) in [7, 11) is 0.